The third-order valence-corrected chi connectivity index (χ3v) is 6.47. The van der Waals surface area contributed by atoms with E-state index in [1.165, 1.54) is 10.4 Å². The maximum Gasteiger partial charge on any atom is 0.244 e. The Balaban J connectivity index is 0.00000220. The van der Waals surface area contributed by atoms with Crippen LogP contribution in [-0.4, -0.2) is 39.4 Å². The summed E-state index contributed by atoms with van der Waals surface area (Å²) >= 11 is 11.9. The highest BCUT2D eigenvalue weighted by atomic mass is 35.5. The van der Waals surface area contributed by atoms with Crippen molar-refractivity contribution >= 4 is 45.6 Å². The van der Waals surface area contributed by atoms with Gasteiger partial charge in [-0.2, -0.15) is 4.31 Å². The van der Waals surface area contributed by atoms with Crippen LogP contribution in [0.1, 0.15) is 12.8 Å². The fraction of sp³-hybridized carbons (Fsp3) is 0.538. The van der Waals surface area contributed by atoms with Crippen molar-refractivity contribution in [2.24, 2.45) is 5.92 Å². The summed E-state index contributed by atoms with van der Waals surface area (Å²) in [4.78, 5) is 0.0960. The van der Waals surface area contributed by atoms with Gasteiger partial charge in [0.05, 0.1) is 10.0 Å². The molecule has 21 heavy (non-hydrogen) atoms. The van der Waals surface area contributed by atoms with Gasteiger partial charge in [-0.3, -0.25) is 0 Å². The monoisotopic (exact) mass is 372 g/mol. The summed E-state index contributed by atoms with van der Waals surface area (Å²) in [5.74, 6) is 0.529. The first-order valence-corrected chi connectivity index (χ1v) is 8.75. The van der Waals surface area contributed by atoms with E-state index >= 15 is 0 Å². The first kappa shape index (κ1) is 19.0. The highest BCUT2D eigenvalue weighted by Crippen LogP contribution is 2.32. The van der Waals surface area contributed by atoms with Crippen LogP contribution in [-0.2, 0) is 10.0 Å². The van der Waals surface area contributed by atoms with Crippen LogP contribution in [0.2, 0.25) is 10.0 Å². The number of nitrogens with one attached hydrogen (secondary N) is 1. The number of piperidine rings is 1. The fourth-order valence-corrected chi connectivity index (χ4v) is 4.67. The van der Waals surface area contributed by atoms with Crippen LogP contribution in [0, 0.1) is 5.92 Å². The van der Waals surface area contributed by atoms with E-state index in [1.54, 1.807) is 12.1 Å². The lowest BCUT2D eigenvalue weighted by Crippen LogP contribution is -2.40. The number of sulfonamides is 1. The zero-order valence-corrected chi connectivity index (χ0v) is 14.8. The molecule has 1 aromatic carbocycles. The molecule has 1 aliphatic heterocycles. The Bertz CT molecular complexity index is 573. The molecule has 0 amide bonds. The maximum absolute atomic E-state index is 12.6. The molecule has 0 unspecified atom stereocenters. The van der Waals surface area contributed by atoms with E-state index in [0.717, 1.165) is 19.4 Å². The largest absolute Gasteiger partial charge is 0.319 e. The minimum Gasteiger partial charge on any atom is -0.319 e. The lowest BCUT2D eigenvalue weighted by Gasteiger charge is -2.31. The molecule has 0 aliphatic carbocycles. The molecule has 0 spiro atoms. The molecule has 1 aromatic rings. The second-order valence-electron chi connectivity index (χ2n) is 4.96. The van der Waals surface area contributed by atoms with Crippen LogP contribution in [0.25, 0.3) is 0 Å². The minimum atomic E-state index is -3.56. The Kier molecular flexibility index (Phi) is 7.24. The molecule has 1 heterocycles. The first-order chi connectivity index (χ1) is 9.46. The molecular formula is C13H19Cl3N2O2S. The standard InChI is InChI=1S/C13H18Cl2N2O2S.ClH/c1-16-9-10-5-7-17(8-6-10)20(18,19)12-4-2-3-11(14)13(12)15;/h2-4,10,16H,5-9H2,1H3;1H. The minimum absolute atomic E-state index is 0. The lowest BCUT2D eigenvalue weighted by molar-refractivity contribution is 0.270. The predicted molar refractivity (Wildman–Crippen MR) is 89.1 cm³/mol. The second kappa shape index (κ2) is 7.99. The number of nitrogens with zero attached hydrogens (tertiary/aromatic N) is 1. The molecule has 0 aromatic heterocycles. The van der Waals surface area contributed by atoms with Gasteiger partial charge >= 0.3 is 0 Å². The average molecular weight is 374 g/mol. The number of hydrogen-bond donors (Lipinski definition) is 1. The van der Waals surface area contributed by atoms with Gasteiger partial charge in [0.1, 0.15) is 4.90 Å². The number of halogens is 3. The molecule has 0 saturated carbocycles. The Hall–Kier alpha value is -0.0400. The van der Waals surface area contributed by atoms with Crippen LogP contribution >= 0.6 is 35.6 Å². The van der Waals surface area contributed by atoms with Crippen molar-refractivity contribution in [3.05, 3.63) is 28.2 Å². The van der Waals surface area contributed by atoms with Crippen LogP contribution in [0.15, 0.2) is 23.1 Å². The molecule has 1 saturated heterocycles. The third kappa shape index (κ3) is 4.24. The fourth-order valence-electron chi connectivity index (χ4n) is 2.46. The van der Waals surface area contributed by atoms with Crippen molar-refractivity contribution in [1.82, 2.24) is 9.62 Å². The van der Waals surface area contributed by atoms with Gasteiger partial charge in [0.2, 0.25) is 10.0 Å². The number of rotatable bonds is 4. The van der Waals surface area contributed by atoms with Crippen molar-refractivity contribution < 1.29 is 8.42 Å². The number of benzene rings is 1. The van der Waals surface area contributed by atoms with Crippen molar-refractivity contribution in [2.75, 3.05) is 26.7 Å². The van der Waals surface area contributed by atoms with Gasteiger partial charge in [-0.15, -0.1) is 12.4 Å². The van der Waals surface area contributed by atoms with E-state index in [2.05, 4.69) is 5.32 Å². The van der Waals surface area contributed by atoms with Gasteiger partial charge in [-0.05, 0) is 44.5 Å². The van der Waals surface area contributed by atoms with Gasteiger partial charge in [0.15, 0.2) is 0 Å². The Labute approximate surface area is 142 Å². The van der Waals surface area contributed by atoms with Crippen LogP contribution < -0.4 is 5.32 Å². The Morgan fingerprint density at radius 3 is 2.48 bits per heavy atom. The van der Waals surface area contributed by atoms with E-state index < -0.39 is 10.0 Å². The van der Waals surface area contributed by atoms with Crippen LogP contribution in [0.4, 0.5) is 0 Å². The number of hydrogen-bond acceptors (Lipinski definition) is 3. The molecule has 1 N–H and O–H groups in total. The lowest BCUT2D eigenvalue weighted by atomic mass is 9.98. The predicted octanol–water partition coefficient (Wildman–Crippen LogP) is 3.04. The molecule has 1 aliphatic rings. The van der Waals surface area contributed by atoms with E-state index in [1.807, 2.05) is 7.05 Å². The second-order valence-corrected chi connectivity index (χ2v) is 7.65. The molecule has 1 fully saturated rings. The quantitative estimate of drug-likeness (QED) is 0.882. The SMILES string of the molecule is CNCC1CCN(S(=O)(=O)c2cccc(Cl)c2Cl)CC1.Cl. The topological polar surface area (TPSA) is 49.4 Å². The smallest absolute Gasteiger partial charge is 0.244 e. The highest BCUT2D eigenvalue weighted by molar-refractivity contribution is 7.89. The van der Waals surface area contributed by atoms with Crippen molar-refractivity contribution in [1.29, 1.82) is 0 Å². The van der Waals surface area contributed by atoms with Gasteiger partial charge in [-0.25, -0.2) is 8.42 Å². The van der Waals surface area contributed by atoms with Crippen LogP contribution in [0.5, 0.6) is 0 Å². The van der Waals surface area contributed by atoms with E-state index in [9.17, 15) is 8.42 Å². The van der Waals surface area contributed by atoms with Gasteiger partial charge < -0.3 is 5.32 Å². The molecular weight excluding hydrogens is 355 g/mol. The summed E-state index contributed by atoms with van der Waals surface area (Å²) in [5.41, 5.74) is 0. The molecule has 4 nitrogen and oxygen atoms in total. The van der Waals surface area contributed by atoms with Crippen LogP contribution in [0.3, 0.4) is 0 Å². The molecule has 120 valence electrons. The van der Waals surface area contributed by atoms with E-state index in [-0.39, 0.29) is 27.3 Å². The van der Waals surface area contributed by atoms with E-state index in [4.69, 9.17) is 23.2 Å². The summed E-state index contributed by atoms with van der Waals surface area (Å²) in [6.07, 6.45) is 1.72. The Morgan fingerprint density at radius 2 is 1.90 bits per heavy atom. The summed E-state index contributed by atoms with van der Waals surface area (Å²) in [6.45, 7) is 1.97. The zero-order valence-electron chi connectivity index (χ0n) is 11.7. The molecule has 8 heteroatoms. The summed E-state index contributed by atoms with van der Waals surface area (Å²) < 4.78 is 26.7. The highest BCUT2D eigenvalue weighted by Gasteiger charge is 2.31. The molecule has 0 radical (unpaired) electrons. The van der Waals surface area contributed by atoms with Gasteiger partial charge in [0.25, 0.3) is 0 Å². The first-order valence-electron chi connectivity index (χ1n) is 6.55. The normalized spacial score (nSPS) is 17.5. The third-order valence-electron chi connectivity index (χ3n) is 3.60. The summed E-state index contributed by atoms with van der Waals surface area (Å²) in [6, 6.07) is 4.69. The summed E-state index contributed by atoms with van der Waals surface area (Å²) in [5, 5.41) is 3.50. The maximum atomic E-state index is 12.6. The molecule has 2 rings (SSSR count). The molecule has 0 atom stereocenters. The van der Waals surface area contributed by atoms with Crippen molar-refractivity contribution in [2.45, 2.75) is 17.7 Å². The van der Waals surface area contributed by atoms with Crippen molar-refractivity contribution in [3.63, 3.8) is 0 Å². The molecule has 0 bridgehead atoms. The van der Waals surface area contributed by atoms with E-state index in [0.29, 0.717) is 19.0 Å². The zero-order chi connectivity index (χ0) is 14.8. The summed E-state index contributed by atoms with van der Waals surface area (Å²) in [7, 11) is -1.65. The van der Waals surface area contributed by atoms with Gasteiger partial charge in [0, 0.05) is 13.1 Å². The van der Waals surface area contributed by atoms with Gasteiger partial charge in [-0.1, -0.05) is 29.3 Å². The average Bonchev–Trinajstić information content (AvgIpc) is 2.42. The van der Waals surface area contributed by atoms with Crippen molar-refractivity contribution in [3.8, 4) is 0 Å². The Morgan fingerprint density at radius 1 is 1.29 bits per heavy atom.